The van der Waals surface area contributed by atoms with Crippen molar-refractivity contribution >= 4 is 5.91 Å². The second-order valence-corrected chi connectivity index (χ2v) is 2.56. The van der Waals surface area contributed by atoms with Crippen LogP contribution in [0.3, 0.4) is 0 Å². The second-order valence-electron chi connectivity index (χ2n) is 2.56. The molecule has 1 rings (SSSR count). The van der Waals surface area contributed by atoms with E-state index in [0.717, 1.165) is 6.54 Å². The van der Waals surface area contributed by atoms with E-state index in [-0.39, 0.29) is 5.91 Å². The van der Waals surface area contributed by atoms with Gasteiger partial charge in [0.2, 0.25) is 5.91 Å². The fourth-order valence-corrected chi connectivity index (χ4v) is 0.957. The Morgan fingerprint density at radius 2 is 2.44 bits per heavy atom. The maximum Gasteiger partial charge on any atom is 0.246 e. The van der Waals surface area contributed by atoms with Gasteiger partial charge >= 0.3 is 0 Å². The quantitative estimate of drug-likeness (QED) is 0.465. The van der Waals surface area contributed by atoms with Crippen LogP contribution >= 0.6 is 0 Å². The molecule has 2 heteroatoms. The van der Waals surface area contributed by atoms with Gasteiger partial charge in [0.05, 0.1) is 0 Å². The number of rotatable bonds is 0. The highest BCUT2D eigenvalue weighted by Crippen LogP contribution is 2.06. The molecule has 1 aliphatic rings. The summed E-state index contributed by atoms with van der Waals surface area (Å²) in [6.45, 7) is 2.95. The zero-order valence-corrected chi connectivity index (χ0v) is 5.79. The zero-order valence-electron chi connectivity index (χ0n) is 5.79. The van der Waals surface area contributed by atoms with Crippen LogP contribution in [0.25, 0.3) is 0 Å². The second kappa shape index (κ2) is 2.21. The highest BCUT2D eigenvalue weighted by molar-refractivity contribution is 5.88. The molecule has 0 N–H and O–H groups in total. The van der Waals surface area contributed by atoms with Crippen LogP contribution in [0.2, 0.25) is 0 Å². The van der Waals surface area contributed by atoms with E-state index in [0.29, 0.717) is 5.92 Å². The zero-order chi connectivity index (χ0) is 6.85. The van der Waals surface area contributed by atoms with Crippen molar-refractivity contribution in [2.45, 2.75) is 6.92 Å². The summed E-state index contributed by atoms with van der Waals surface area (Å²) in [5.41, 5.74) is 0. The third-order valence-electron chi connectivity index (χ3n) is 1.51. The summed E-state index contributed by atoms with van der Waals surface area (Å²) in [5, 5.41) is 0. The minimum atomic E-state index is 0.119. The molecular weight excluding hydrogens is 114 g/mol. The summed E-state index contributed by atoms with van der Waals surface area (Å²) >= 11 is 0. The molecule has 2 nitrogen and oxygen atoms in total. The molecule has 9 heavy (non-hydrogen) atoms. The molecule has 0 aromatic heterocycles. The SMILES string of the molecule is CC1C=CC(=O)N(C)C1. The van der Waals surface area contributed by atoms with Crippen molar-refractivity contribution in [2.24, 2.45) is 5.92 Å². The minimum Gasteiger partial charge on any atom is -0.342 e. The highest BCUT2D eigenvalue weighted by Gasteiger charge is 2.12. The summed E-state index contributed by atoms with van der Waals surface area (Å²) in [5.74, 6) is 0.640. The Bertz CT molecular complexity index is 151. The van der Waals surface area contributed by atoms with E-state index in [1.165, 1.54) is 0 Å². The lowest BCUT2D eigenvalue weighted by Crippen LogP contribution is -2.32. The molecule has 0 aliphatic carbocycles. The van der Waals surface area contributed by atoms with Crippen LogP contribution in [0.1, 0.15) is 6.92 Å². The Labute approximate surface area is 55.2 Å². The number of nitrogens with zero attached hydrogens (tertiary/aromatic N) is 1. The third kappa shape index (κ3) is 1.31. The number of amides is 1. The molecule has 1 atom stereocenters. The minimum absolute atomic E-state index is 0.119. The first-order valence-corrected chi connectivity index (χ1v) is 3.13. The molecule has 1 amide bonds. The van der Waals surface area contributed by atoms with E-state index in [1.54, 1.807) is 11.0 Å². The van der Waals surface area contributed by atoms with Gasteiger partial charge in [0, 0.05) is 13.6 Å². The third-order valence-corrected chi connectivity index (χ3v) is 1.51. The number of hydrogen-bond acceptors (Lipinski definition) is 1. The van der Waals surface area contributed by atoms with Crippen molar-refractivity contribution < 1.29 is 4.79 Å². The summed E-state index contributed by atoms with van der Waals surface area (Å²) in [6, 6.07) is 0. The first-order chi connectivity index (χ1) is 4.20. The van der Waals surface area contributed by atoms with Crippen molar-refractivity contribution in [3.05, 3.63) is 12.2 Å². The van der Waals surface area contributed by atoms with E-state index < -0.39 is 0 Å². The van der Waals surface area contributed by atoms with Crippen molar-refractivity contribution in [1.82, 2.24) is 4.90 Å². The van der Waals surface area contributed by atoms with E-state index in [4.69, 9.17) is 0 Å². The fraction of sp³-hybridized carbons (Fsp3) is 0.571. The predicted octanol–water partition coefficient (Wildman–Crippen LogP) is 0.651. The van der Waals surface area contributed by atoms with Gasteiger partial charge < -0.3 is 4.90 Å². The van der Waals surface area contributed by atoms with E-state index in [1.807, 2.05) is 13.1 Å². The molecule has 1 unspecified atom stereocenters. The first-order valence-electron chi connectivity index (χ1n) is 3.13. The van der Waals surface area contributed by atoms with Crippen LogP contribution in [0.4, 0.5) is 0 Å². The molecule has 0 bridgehead atoms. The van der Waals surface area contributed by atoms with Gasteiger partial charge in [-0.3, -0.25) is 4.79 Å². The monoisotopic (exact) mass is 125 g/mol. The molecule has 0 radical (unpaired) electrons. The lowest BCUT2D eigenvalue weighted by Gasteiger charge is -2.21. The lowest BCUT2D eigenvalue weighted by atomic mass is 10.1. The number of likely N-dealkylation sites (N-methyl/N-ethyl adjacent to an activating group) is 1. The van der Waals surface area contributed by atoms with Crippen molar-refractivity contribution in [3.8, 4) is 0 Å². The number of hydrogen-bond donors (Lipinski definition) is 0. The number of carbonyl (C=O) groups is 1. The van der Waals surface area contributed by atoms with E-state index >= 15 is 0 Å². The molecular formula is C7H11NO. The highest BCUT2D eigenvalue weighted by atomic mass is 16.2. The topological polar surface area (TPSA) is 20.3 Å². The molecule has 0 spiro atoms. The predicted molar refractivity (Wildman–Crippen MR) is 35.9 cm³/mol. The van der Waals surface area contributed by atoms with Crippen molar-refractivity contribution in [3.63, 3.8) is 0 Å². The first kappa shape index (κ1) is 6.33. The van der Waals surface area contributed by atoms with Crippen LogP contribution in [-0.2, 0) is 4.79 Å². The van der Waals surface area contributed by atoms with Crippen LogP contribution < -0.4 is 0 Å². The summed E-state index contributed by atoms with van der Waals surface area (Å²) < 4.78 is 0. The standard InChI is InChI=1S/C7H11NO/c1-6-3-4-7(9)8(2)5-6/h3-4,6H,5H2,1-2H3. The average molecular weight is 125 g/mol. The molecule has 0 fully saturated rings. The fourth-order valence-electron chi connectivity index (χ4n) is 0.957. The van der Waals surface area contributed by atoms with Gasteiger partial charge in [-0.15, -0.1) is 0 Å². The number of carbonyl (C=O) groups excluding carboxylic acids is 1. The molecule has 0 saturated heterocycles. The normalized spacial score (nSPS) is 27.1. The Balaban J connectivity index is 2.65. The lowest BCUT2D eigenvalue weighted by molar-refractivity contribution is -0.125. The van der Waals surface area contributed by atoms with Gasteiger partial charge in [0.15, 0.2) is 0 Å². The smallest absolute Gasteiger partial charge is 0.246 e. The molecule has 0 aromatic carbocycles. The molecule has 1 aliphatic heterocycles. The van der Waals surface area contributed by atoms with E-state index in [9.17, 15) is 4.79 Å². The van der Waals surface area contributed by atoms with Gasteiger partial charge in [-0.2, -0.15) is 0 Å². The van der Waals surface area contributed by atoms with Crippen LogP contribution in [0.15, 0.2) is 12.2 Å². The van der Waals surface area contributed by atoms with Crippen molar-refractivity contribution in [2.75, 3.05) is 13.6 Å². The van der Waals surface area contributed by atoms with Gasteiger partial charge in [0.25, 0.3) is 0 Å². The Hall–Kier alpha value is -0.790. The average Bonchev–Trinajstić information content (AvgIpc) is 1.80. The summed E-state index contributed by atoms with van der Waals surface area (Å²) in [7, 11) is 1.82. The van der Waals surface area contributed by atoms with Gasteiger partial charge in [-0.1, -0.05) is 13.0 Å². The Kier molecular flexibility index (Phi) is 1.56. The van der Waals surface area contributed by atoms with Crippen LogP contribution in [-0.4, -0.2) is 24.4 Å². The summed E-state index contributed by atoms with van der Waals surface area (Å²) in [4.78, 5) is 12.5. The maximum absolute atomic E-state index is 10.8. The van der Waals surface area contributed by atoms with Gasteiger partial charge in [-0.05, 0) is 12.0 Å². The Morgan fingerprint density at radius 1 is 1.78 bits per heavy atom. The molecule has 0 aromatic rings. The largest absolute Gasteiger partial charge is 0.342 e. The maximum atomic E-state index is 10.8. The van der Waals surface area contributed by atoms with Crippen LogP contribution in [0.5, 0.6) is 0 Å². The molecule has 50 valence electrons. The van der Waals surface area contributed by atoms with Crippen LogP contribution in [0, 0.1) is 5.92 Å². The van der Waals surface area contributed by atoms with E-state index in [2.05, 4.69) is 6.92 Å². The van der Waals surface area contributed by atoms with Gasteiger partial charge in [-0.25, -0.2) is 0 Å². The summed E-state index contributed by atoms with van der Waals surface area (Å²) in [6.07, 6.45) is 3.58. The molecule has 0 saturated carbocycles. The Morgan fingerprint density at radius 3 is 2.89 bits per heavy atom. The van der Waals surface area contributed by atoms with Crippen molar-refractivity contribution in [1.29, 1.82) is 0 Å². The molecule has 1 heterocycles. The van der Waals surface area contributed by atoms with Gasteiger partial charge in [0.1, 0.15) is 0 Å².